The molecule has 3 heteroatoms. The molecule has 112 valence electrons. The van der Waals surface area contributed by atoms with Gasteiger partial charge in [0.15, 0.2) is 5.78 Å². The number of ether oxygens (including phenoxy) is 1. The van der Waals surface area contributed by atoms with Crippen molar-refractivity contribution >= 4 is 5.78 Å². The van der Waals surface area contributed by atoms with Gasteiger partial charge in [0.25, 0.3) is 0 Å². The highest BCUT2D eigenvalue weighted by molar-refractivity contribution is 5.96. The summed E-state index contributed by atoms with van der Waals surface area (Å²) >= 11 is 0. The van der Waals surface area contributed by atoms with Crippen molar-refractivity contribution in [2.24, 2.45) is 0 Å². The monoisotopic (exact) mass is 277 g/mol. The molecule has 0 amide bonds. The van der Waals surface area contributed by atoms with Crippen molar-refractivity contribution in [2.45, 2.75) is 52.5 Å². The molecule has 3 nitrogen and oxygen atoms in total. The number of nitrogens with one attached hydrogen (secondary N) is 1. The fourth-order valence-corrected chi connectivity index (χ4v) is 1.90. The molecule has 0 heterocycles. The summed E-state index contributed by atoms with van der Waals surface area (Å²) in [5.74, 6) is 1.02. The molecule has 1 rings (SSSR count). The van der Waals surface area contributed by atoms with Gasteiger partial charge in [-0.05, 0) is 30.7 Å². The second kappa shape index (κ2) is 9.54. The SMILES string of the molecule is CCCCCOc1ccc(C(=O)CCNC(C)C)cc1. The normalized spacial score (nSPS) is 10.8. The quantitative estimate of drug-likeness (QED) is 0.522. The van der Waals surface area contributed by atoms with Crippen LogP contribution >= 0.6 is 0 Å². The third kappa shape index (κ3) is 6.71. The summed E-state index contributed by atoms with van der Waals surface area (Å²) in [6.45, 7) is 7.81. The highest BCUT2D eigenvalue weighted by Crippen LogP contribution is 2.14. The first-order valence-corrected chi connectivity index (χ1v) is 7.63. The zero-order valence-corrected chi connectivity index (χ0v) is 12.9. The first kappa shape index (κ1) is 16.7. The summed E-state index contributed by atoms with van der Waals surface area (Å²) in [4.78, 5) is 12.0. The lowest BCUT2D eigenvalue weighted by Gasteiger charge is -2.08. The van der Waals surface area contributed by atoms with Crippen LogP contribution in [0.1, 0.15) is 56.8 Å². The molecule has 0 unspecified atom stereocenters. The molecule has 0 bridgehead atoms. The molecular formula is C17H27NO2. The van der Waals surface area contributed by atoms with Gasteiger partial charge in [0.05, 0.1) is 6.61 Å². The number of carbonyl (C=O) groups is 1. The van der Waals surface area contributed by atoms with Crippen molar-refractivity contribution in [1.29, 1.82) is 0 Å². The summed E-state index contributed by atoms with van der Waals surface area (Å²) in [6, 6.07) is 7.89. The molecule has 0 saturated carbocycles. The molecule has 0 atom stereocenters. The lowest BCUT2D eigenvalue weighted by molar-refractivity contribution is 0.0982. The van der Waals surface area contributed by atoms with E-state index in [1.165, 1.54) is 12.8 Å². The molecular weight excluding hydrogens is 250 g/mol. The maximum atomic E-state index is 12.0. The largest absolute Gasteiger partial charge is 0.494 e. The van der Waals surface area contributed by atoms with Crippen molar-refractivity contribution in [3.05, 3.63) is 29.8 Å². The summed E-state index contributed by atoms with van der Waals surface area (Å²) in [5.41, 5.74) is 0.761. The van der Waals surface area contributed by atoms with Crippen molar-refractivity contribution in [1.82, 2.24) is 5.32 Å². The van der Waals surface area contributed by atoms with Gasteiger partial charge in [-0.2, -0.15) is 0 Å². The maximum absolute atomic E-state index is 12.0. The number of benzene rings is 1. The second-order valence-electron chi connectivity index (χ2n) is 5.36. The van der Waals surface area contributed by atoms with Gasteiger partial charge >= 0.3 is 0 Å². The van der Waals surface area contributed by atoms with E-state index in [2.05, 4.69) is 26.1 Å². The van der Waals surface area contributed by atoms with Crippen LogP contribution in [-0.2, 0) is 0 Å². The molecule has 0 aliphatic heterocycles. The minimum Gasteiger partial charge on any atom is -0.494 e. The number of carbonyl (C=O) groups excluding carboxylic acids is 1. The first-order valence-electron chi connectivity index (χ1n) is 7.63. The number of rotatable bonds is 10. The zero-order chi connectivity index (χ0) is 14.8. The first-order chi connectivity index (χ1) is 9.63. The van der Waals surface area contributed by atoms with Crippen LogP contribution in [0.4, 0.5) is 0 Å². The van der Waals surface area contributed by atoms with Crippen LogP contribution < -0.4 is 10.1 Å². The number of ketones is 1. The van der Waals surface area contributed by atoms with Gasteiger partial charge in [-0.25, -0.2) is 0 Å². The Morgan fingerprint density at radius 2 is 1.90 bits per heavy atom. The summed E-state index contributed by atoms with van der Waals surface area (Å²) in [5, 5.41) is 3.25. The minimum absolute atomic E-state index is 0.177. The van der Waals surface area contributed by atoms with E-state index in [0.717, 1.165) is 30.9 Å². The van der Waals surface area contributed by atoms with Crippen LogP contribution in [0.15, 0.2) is 24.3 Å². The molecule has 0 aromatic heterocycles. The van der Waals surface area contributed by atoms with E-state index in [-0.39, 0.29) is 5.78 Å². The number of hydrogen-bond donors (Lipinski definition) is 1. The average Bonchev–Trinajstić information content (AvgIpc) is 2.44. The topological polar surface area (TPSA) is 38.3 Å². The highest BCUT2D eigenvalue weighted by atomic mass is 16.5. The second-order valence-corrected chi connectivity index (χ2v) is 5.36. The Bertz CT molecular complexity index is 384. The third-order valence-electron chi connectivity index (χ3n) is 3.10. The Labute approximate surface area is 122 Å². The molecule has 0 aliphatic carbocycles. The fraction of sp³-hybridized carbons (Fsp3) is 0.588. The van der Waals surface area contributed by atoms with Gasteiger partial charge < -0.3 is 10.1 Å². The van der Waals surface area contributed by atoms with Gasteiger partial charge in [0, 0.05) is 24.6 Å². The fourth-order valence-electron chi connectivity index (χ4n) is 1.90. The predicted octanol–water partition coefficient (Wildman–Crippen LogP) is 3.83. The van der Waals surface area contributed by atoms with Crippen LogP contribution in [0.5, 0.6) is 5.75 Å². The van der Waals surface area contributed by atoms with Crippen LogP contribution in [0.25, 0.3) is 0 Å². The Hall–Kier alpha value is -1.35. The smallest absolute Gasteiger partial charge is 0.164 e. The summed E-state index contributed by atoms with van der Waals surface area (Å²) < 4.78 is 5.63. The maximum Gasteiger partial charge on any atom is 0.164 e. The number of hydrogen-bond acceptors (Lipinski definition) is 3. The molecule has 1 aromatic carbocycles. The lowest BCUT2D eigenvalue weighted by atomic mass is 10.1. The molecule has 20 heavy (non-hydrogen) atoms. The van der Waals surface area contributed by atoms with E-state index < -0.39 is 0 Å². The van der Waals surface area contributed by atoms with E-state index in [9.17, 15) is 4.79 Å². The van der Waals surface area contributed by atoms with Crippen molar-refractivity contribution in [2.75, 3.05) is 13.2 Å². The molecule has 0 saturated heterocycles. The van der Waals surface area contributed by atoms with E-state index in [0.29, 0.717) is 12.5 Å². The molecule has 1 aromatic rings. The molecule has 0 spiro atoms. The standard InChI is InChI=1S/C17H27NO2/c1-4-5-6-13-20-16-9-7-15(8-10-16)17(19)11-12-18-14(2)3/h7-10,14,18H,4-6,11-13H2,1-3H3. The Morgan fingerprint density at radius 3 is 2.50 bits per heavy atom. The lowest BCUT2D eigenvalue weighted by Crippen LogP contribution is -2.25. The van der Waals surface area contributed by atoms with Crippen LogP contribution in [0.2, 0.25) is 0 Å². The zero-order valence-electron chi connectivity index (χ0n) is 12.9. The third-order valence-corrected chi connectivity index (χ3v) is 3.10. The highest BCUT2D eigenvalue weighted by Gasteiger charge is 2.06. The van der Waals surface area contributed by atoms with Gasteiger partial charge in [0.2, 0.25) is 0 Å². The van der Waals surface area contributed by atoms with Crippen molar-refractivity contribution < 1.29 is 9.53 Å². The minimum atomic E-state index is 0.177. The van der Waals surface area contributed by atoms with Gasteiger partial charge in [0.1, 0.15) is 5.75 Å². The van der Waals surface area contributed by atoms with Crippen molar-refractivity contribution in [3.63, 3.8) is 0 Å². The van der Waals surface area contributed by atoms with E-state index in [1.807, 2.05) is 24.3 Å². The van der Waals surface area contributed by atoms with Crippen LogP contribution in [0.3, 0.4) is 0 Å². The number of unbranched alkanes of at least 4 members (excludes halogenated alkanes) is 2. The van der Waals surface area contributed by atoms with Crippen molar-refractivity contribution in [3.8, 4) is 5.75 Å². The molecule has 0 aliphatic rings. The Morgan fingerprint density at radius 1 is 1.20 bits per heavy atom. The molecule has 0 fully saturated rings. The molecule has 1 N–H and O–H groups in total. The average molecular weight is 277 g/mol. The van der Waals surface area contributed by atoms with Gasteiger partial charge in [-0.15, -0.1) is 0 Å². The molecule has 0 radical (unpaired) electrons. The van der Waals surface area contributed by atoms with Gasteiger partial charge in [-0.3, -0.25) is 4.79 Å². The Balaban J connectivity index is 2.35. The van der Waals surface area contributed by atoms with Gasteiger partial charge in [-0.1, -0.05) is 33.6 Å². The van der Waals surface area contributed by atoms with Crippen LogP contribution in [-0.4, -0.2) is 25.0 Å². The Kier molecular flexibility index (Phi) is 7.97. The number of Topliss-reactive ketones (excluding diaryl/α,β-unsaturated/α-hetero) is 1. The van der Waals surface area contributed by atoms with E-state index in [4.69, 9.17) is 4.74 Å². The van der Waals surface area contributed by atoms with Crippen LogP contribution in [0, 0.1) is 0 Å². The van der Waals surface area contributed by atoms with E-state index >= 15 is 0 Å². The predicted molar refractivity (Wildman–Crippen MR) is 83.5 cm³/mol. The van der Waals surface area contributed by atoms with E-state index in [1.54, 1.807) is 0 Å². The summed E-state index contributed by atoms with van der Waals surface area (Å²) in [6.07, 6.45) is 4.01. The summed E-state index contributed by atoms with van der Waals surface area (Å²) in [7, 11) is 0.